The molecule has 0 unspecified atom stereocenters. The monoisotopic (exact) mass is 440 g/mol. The predicted octanol–water partition coefficient (Wildman–Crippen LogP) is 3.55. The molecule has 0 aliphatic heterocycles. The first-order valence-corrected chi connectivity index (χ1v) is 10.9. The smallest absolute Gasteiger partial charge is 0.321 e. The molecule has 32 heavy (non-hydrogen) atoms. The van der Waals surface area contributed by atoms with Crippen LogP contribution in [0.1, 0.15) is 49.4 Å². The van der Waals surface area contributed by atoms with Crippen molar-refractivity contribution >= 4 is 17.7 Å². The molecule has 0 saturated heterocycles. The van der Waals surface area contributed by atoms with Crippen molar-refractivity contribution in [1.29, 1.82) is 0 Å². The van der Waals surface area contributed by atoms with Crippen LogP contribution in [-0.4, -0.2) is 44.7 Å². The summed E-state index contributed by atoms with van der Waals surface area (Å²) in [6.45, 7) is 0.670. The molecule has 2 N–H and O–H groups in total. The molecule has 0 spiro atoms. The lowest BCUT2D eigenvalue weighted by molar-refractivity contribution is 0.251. The summed E-state index contributed by atoms with van der Waals surface area (Å²) in [6, 6.07) is 6.90. The molecule has 0 atom stereocenters. The minimum absolute atomic E-state index is 0.190. The number of aromatic nitrogens is 5. The van der Waals surface area contributed by atoms with E-state index in [9.17, 15) is 9.18 Å². The molecule has 170 valence electrons. The van der Waals surface area contributed by atoms with Crippen LogP contribution in [-0.2, 0) is 13.1 Å². The van der Waals surface area contributed by atoms with Crippen LogP contribution in [0.5, 0.6) is 0 Å². The van der Waals surface area contributed by atoms with Gasteiger partial charge in [0, 0.05) is 26.8 Å². The molecule has 2 heterocycles. The van der Waals surface area contributed by atoms with Crippen molar-refractivity contribution in [3.8, 4) is 0 Å². The van der Waals surface area contributed by atoms with Crippen molar-refractivity contribution in [3.63, 3.8) is 0 Å². The second-order valence-corrected chi connectivity index (χ2v) is 8.33. The molecule has 3 aromatic rings. The Hall–Kier alpha value is -3.43. The fourth-order valence-electron chi connectivity index (χ4n) is 3.96. The van der Waals surface area contributed by atoms with Gasteiger partial charge in [0.15, 0.2) is 0 Å². The van der Waals surface area contributed by atoms with Crippen LogP contribution in [0.25, 0.3) is 0 Å². The van der Waals surface area contributed by atoms with Crippen LogP contribution >= 0.6 is 0 Å². The highest BCUT2D eigenvalue weighted by molar-refractivity contribution is 5.87. The molecular formula is C22H29FN8O. The van der Waals surface area contributed by atoms with E-state index in [0.717, 1.165) is 5.69 Å². The molecule has 1 saturated carbocycles. The summed E-state index contributed by atoms with van der Waals surface area (Å²) >= 11 is 0. The van der Waals surface area contributed by atoms with Gasteiger partial charge in [-0.15, -0.1) is 5.10 Å². The number of benzene rings is 1. The Morgan fingerprint density at radius 1 is 1.19 bits per heavy atom. The Morgan fingerprint density at radius 2 is 2.00 bits per heavy atom. The van der Waals surface area contributed by atoms with E-state index in [1.54, 1.807) is 42.1 Å². The fraction of sp³-hybridized carbons (Fsp3) is 0.455. The van der Waals surface area contributed by atoms with Gasteiger partial charge in [0.1, 0.15) is 12.1 Å². The molecule has 0 radical (unpaired) electrons. The number of hydrogen-bond acceptors (Lipinski definition) is 5. The maximum atomic E-state index is 14.1. The van der Waals surface area contributed by atoms with Gasteiger partial charge in [-0.25, -0.2) is 18.9 Å². The van der Waals surface area contributed by atoms with Gasteiger partial charge in [0.05, 0.1) is 24.0 Å². The number of rotatable bonds is 7. The van der Waals surface area contributed by atoms with Crippen LogP contribution in [0.4, 0.5) is 20.8 Å². The van der Waals surface area contributed by atoms with Crippen molar-refractivity contribution in [2.45, 2.75) is 51.2 Å². The van der Waals surface area contributed by atoms with Gasteiger partial charge in [-0.3, -0.25) is 10.00 Å². The van der Waals surface area contributed by atoms with Gasteiger partial charge in [-0.05, 0) is 36.6 Å². The fourth-order valence-corrected chi connectivity index (χ4v) is 3.96. The summed E-state index contributed by atoms with van der Waals surface area (Å²) in [7, 11) is 3.55. The SMILES string of the molecule is CN(C)c1ccc(CNC(=O)Nc2ncn(Cc3ccn(C4CCCCC4)n3)n2)cc1F. The van der Waals surface area contributed by atoms with Crippen molar-refractivity contribution < 1.29 is 9.18 Å². The zero-order chi connectivity index (χ0) is 22.5. The van der Waals surface area contributed by atoms with E-state index < -0.39 is 6.03 Å². The third-order valence-corrected chi connectivity index (χ3v) is 5.65. The normalized spacial score (nSPS) is 14.3. The largest absolute Gasteiger partial charge is 0.375 e. The Bertz CT molecular complexity index is 1050. The van der Waals surface area contributed by atoms with Gasteiger partial charge < -0.3 is 10.2 Å². The number of anilines is 2. The number of halogens is 1. The number of urea groups is 1. The molecule has 0 bridgehead atoms. The van der Waals surface area contributed by atoms with Crippen molar-refractivity contribution in [2.75, 3.05) is 24.3 Å². The lowest BCUT2D eigenvalue weighted by atomic mass is 9.96. The zero-order valence-corrected chi connectivity index (χ0v) is 18.5. The summed E-state index contributed by atoms with van der Waals surface area (Å²) in [6.07, 6.45) is 9.78. The van der Waals surface area contributed by atoms with Crippen molar-refractivity contribution in [2.24, 2.45) is 0 Å². The van der Waals surface area contributed by atoms with Crippen LogP contribution < -0.4 is 15.5 Å². The minimum Gasteiger partial charge on any atom is -0.375 e. The molecule has 9 nitrogen and oxygen atoms in total. The lowest BCUT2D eigenvalue weighted by Crippen LogP contribution is -2.28. The summed E-state index contributed by atoms with van der Waals surface area (Å²) in [4.78, 5) is 18.0. The van der Waals surface area contributed by atoms with Gasteiger partial charge in [-0.1, -0.05) is 25.3 Å². The average molecular weight is 441 g/mol. The Kier molecular flexibility index (Phi) is 6.67. The average Bonchev–Trinajstić information content (AvgIpc) is 3.42. The third-order valence-electron chi connectivity index (χ3n) is 5.65. The maximum Gasteiger partial charge on any atom is 0.321 e. The predicted molar refractivity (Wildman–Crippen MR) is 120 cm³/mol. The zero-order valence-electron chi connectivity index (χ0n) is 18.5. The second-order valence-electron chi connectivity index (χ2n) is 8.33. The quantitative estimate of drug-likeness (QED) is 0.586. The molecule has 1 aromatic carbocycles. The first kappa shape index (κ1) is 21.8. The molecule has 1 fully saturated rings. The van der Waals surface area contributed by atoms with E-state index in [2.05, 4.69) is 30.5 Å². The van der Waals surface area contributed by atoms with Crippen LogP contribution in [0.3, 0.4) is 0 Å². The van der Waals surface area contributed by atoms with E-state index in [4.69, 9.17) is 0 Å². The Labute approximate surface area is 186 Å². The van der Waals surface area contributed by atoms with Gasteiger partial charge in [0.2, 0.25) is 5.95 Å². The summed E-state index contributed by atoms with van der Waals surface area (Å²) in [5.41, 5.74) is 2.06. The minimum atomic E-state index is -0.457. The van der Waals surface area contributed by atoms with Gasteiger partial charge >= 0.3 is 6.03 Å². The maximum absolute atomic E-state index is 14.1. The summed E-state index contributed by atoms with van der Waals surface area (Å²) in [5.74, 6) is -0.135. The number of hydrogen-bond donors (Lipinski definition) is 2. The van der Waals surface area contributed by atoms with Crippen LogP contribution in [0, 0.1) is 5.82 Å². The number of carbonyl (C=O) groups is 1. The highest BCUT2D eigenvalue weighted by atomic mass is 19.1. The van der Waals surface area contributed by atoms with Gasteiger partial charge in [0.25, 0.3) is 0 Å². The van der Waals surface area contributed by atoms with E-state index in [0.29, 0.717) is 23.8 Å². The van der Waals surface area contributed by atoms with E-state index in [1.807, 2.05) is 12.3 Å². The van der Waals surface area contributed by atoms with Crippen LogP contribution in [0.2, 0.25) is 0 Å². The third kappa shape index (κ3) is 5.43. The summed E-state index contributed by atoms with van der Waals surface area (Å²) < 4.78 is 17.8. The molecule has 1 aliphatic rings. The number of nitrogens with zero attached hydrogens (tertiary/aromatic N) is 6. The van der Waals surface area contributed by atoms with Crippen molar-refractivity contribution in [1.82, 2.24) is 29.9 Å². The molecule has 2 amide bonds. The molecule has 4 rings (SSSR count). The number of nitrogens with one attached hydrogen (secondary N) is 2. The number of carbonyl (C=O) groups excluding carboxylic acids is 1. The van der Waals surface area contributed by atoms with E-state index >= 15 is 0 Å². The molecule has 2 aromatic heterocycles. The molecular weight excluding hydrogens is 411 g/mol. The summed E-state index contributed by atoms with van der Waals surface area (Å²) in [5, 5.41) is 14.3. The highest BCUT2D eigenvalue weighted by Crippen LogP contribution is 2.27. The van der Waals surface area contributed by atoms with Crippen molar-refractivity contribution in [3.05, 3.63) is 53.9 Å². The van der Waals surface area contributed by atoms with E-state index in [-0.39, 0.29) is 18.3 Å². The molecule has 10 heteroatoms. The van der Waals surface area contributed by atoms with Gasteiger partial charge in [-0.2, -0.15) is 5.10 Å². The standard InChI is InChI=1S/C22H29FN8O/c1-29(2)20-9-8-16(12-19(20)23)13-24-22(32)26-21-25-15-30(28-21)14-17-10-11-31(27-17)18-6-4-3-5-7-18/h8-12,15,18H,3-7,13-14H2,1-2H3,(H2,24,26,28,32). The second kappa shape index (κ2) is 9.80. The first-order chi connectivity index (χ1) is 15.5. The molecule has 1 aliphatic carbocycles. The van der Waals surface area contributed by atoms with Crippen LogP contribution in [0.15, 0.2) is 36.8 Å². The van der Waals surface area contributed by atoms with E-state index in [1.165, 1.54) is 38.2 Å². The topological polar surface area (TPSA) is 92.9 Å². The lowest BCUT2D eigenvalue weighted by Gasteiger charge is -2.21. The number of amides is 2. The Balaban J connectivity index is 1.27. The Morgan fingerprint density at radius 3 is 2.75 bits per heavy atom. The highest BCUT2D eigenvalue weighted by Gasteiger charge is 2.16. The first-order valence-electron chi connectivity index (χ1n) is 10.9.